The van der Waals surface area contributed by atoms with E-state index in [1.165, 1.54) is 70.6 Å². The van der Waals surface area contributed by atoms with Crippen LogP contribution in [0.3, 0.4) is 0 Å². The molecule has 75 heavy (non-hydrogen) atoms. The van der Waals surface area contributed by atoms with Crippen LogP contribution in [0.1, 0.15) is 91.2 Å². The summed E-state index contributed by atoms with van der Waals surface area (Å²) in [5, 5.41) is 35.1. The van der Waals surface area contributed by atoms with Gasteiger partial charge in [0, 0.05) is 69.0 Å². The highest BCUT2D eigenvalue weighted by atomic mass is 35.5. The first kappa shape index (κ1) is 60.5. The SMILES string of the molecule is COc1cc2cc(c1Cl)N(C)C(=O)CC(OC(=O)C(C)N(C)C(=O)CCSCc1ccc(NC(=O)C(C)NC(=O)C(C)NC(=O)CCCS)cc1)[C@](C)(O)C1CC1(C)C1CC(O)(NC(=O)O1)C(OC)/C=C/C=C(\C)C2. The third-order valence-corrected chi connectivity index (χ3v) is 16.0. The Morgan fingerprint density at radius 3 is 2.35 bits per heavy atom. The minimum absolute atomic E-state index is 0.0684. The van der Waals surface area contributed by atoms with Crippen molar-refractivity contribution in [1.82, 2.24) is 20.9 Å². The van der Waals surface area contributed by atoms with Gasteiger partial charge in [-0.2, -0.15) is 24.4 Å². The predicted molar refractivity (Wildman–Crippen MR) is 289 cm³/mol. The summed E-state index contributed by atoms with van der Waals surface area (Å²) >= 11 is 12.4. The van der Waals surface area contributed by atoms with Crippen molar-refractivity contribution in [3.8, 4) is 5.75 Å². The summed E-state index contributed by atoms with van der Waals surface area (Å²) in [7, 11) is 5.85. The number of allylic oxidation sites excluding steroid dienone is 3. The van der Waals surface area contributed by atoms with Gasteiger partial charge in [0.1, 0.15) is 52.8 Å². The number of likely N-dealkylation sites (N-methyl/N-ethyl adjacent to an activating group) is 1. The minimum atomic E-state index is -1.92. The average Bonchev–Trinajstić information content (AvgIpc) is 4.08. The molecule has 412 valence electrons. The van der Waals surface area contributed by atoms with Gasteiger partial charge in [0.2, 0.25) is 29.5 Å². The molecule has 3 aliphatic rings. The van der Waals surface area contributed by atoms with Crippen LogP contribution in [0, 0.1) is 11.3 Å². The number of thiol groups is 1. The number of thioether (sulfide) groups is 1. The fourth-order valence-corrected chi connectivity index (χ4v) is 10.6. The Hall–Kier alpha value is -5.32. The van der Waals surface area contributed by atoms with Crippen molar-refractivity contribution >= 4 is 89.0 Å². The number of ether oxygens (including phenoxy) is 4. The molecule has 2 aliphatic heterocycles. The molecular formula is C53H73ClN6O13S2. The molecule has 9 unspecified atom stereocenters. The maximum atomic E-state index is 14.4. The molecule has 2 fully saturated rings. The number of anilines is 2. The second kappa shape index (κ2) is 26.2. The van der Waals surface area contributed by atoms with Gasteiger partial charge in [-0.3, -0.25) is 29.3 Å². The fourth-order valence-electron chi connectivity index (χ4n) is 9.26. The fraction of sp³-hybridized carbons (Fsp3) is 0.566. The lowest BCUT2D eigenvalue weighted by Gasteiger charge is -2.43. The van der Waals surface area contributed by atoms with Gasteiger partial charge in [-0.1, -0.05) is 54.5 Å². The molecule has 2 aromatic rings. The molecule has 1 saturated heterocycles. The minimum Gasteiger partial charge on any atom is -0.495 e. The lowest BCUT2D eigenvalue weighted by atomic mass is 9.81. The third kappa shape index (κ3) is 15.4. The number of alkyl carbamates (subject to hydrolysis) is 1. The molecule has 6 N–H and O–H groups in total. The first-order chi connectivity index (χ1) is 35.3. The van der Waals surface area contributed by atoms with E-state index in [1.807, 2.05) is 25.1 Å². The van der Waals surface area contributed by atoms with Crippen LogP contribution in [0.4, 0.5) is 16.2 Å². The quantitative estimate of drug-likeness (QED) is 0.0555. The van der Waals surface area contributed by atoms with Crippen molar-refractivity contribution in [3.05, 3.63) is 76.3 Å². The van der Waals surface area contributed by atoms with Crippen molar-refractivity contribution in [1.29, 1.82) is 0 Å². The maximum absolute atomic E-state index is 14.4. The number of esters is 1. The molecule has 2 heterocycles. The van der Waals surface area contributed by atoms with E-state index >= 15 is 0 Å². The summed E-state index contributed by atoms with van der Waals surface area (Å²) in [6, 6.07) is 7.76. The van der Waals surface area contributed by atoms with Crippen molar-refractivity contribution in [3.63, 3.8) is 0 Å². The van der Waals surface area contributed by atoms with Crippen LogP contribution in [0.5, 0.6) is 5.75 Å². The van der Waals surface area contributed by atoms with Crippen LogP contribution in [-0.4, -0.2) is 144 Å². The highest BCUT2D eigenvalue weighted by Crippen LogP contribution is 2.63. The third-order valence-electron chi connectivity index (χ3n) is 14.3. The number of aliphatic hydroxyl groups is 2. The van der Waals surface area contributed by atoms with Gasteiger partial charge < -0.3 is 54.9 Å². The van der Waals surface area contributed by atoms with Gasteiger partial charge in [0.15, 0.2) is 5.72 Å². The molecule has 0 aromatic heterocycles. The molecule has 4 bridgehead atoms. The monoisotopic (exact) mass is 1100 g/mol. The molecule has 2 aromatic carbocycles. The Bertz CT molecular complexity index is 2500. The molecule has 0 spiro atoms. The number of methoxy groups -OCH3 is 2. The van der Waals surface area contributed by atoms with E-state index in [1.54, 1.807) is 50.3 Å². The number of carbonyl (C=O) groups excluding carboxylic acids is 7. The summed E-state index contributed by atoms with van der Waals surface area (Å²) in [6.45, 7) is 9.72. The summed E-state index contributed by atoms with van der Waals surface area (Å²) in [6.07, 6.45) is 1.80. The number of fused-ring (bicyclic) bond motifs is 6. The second-order valence-electron chi connectivity index (χ2n) is 20.1. The number of nitrogens with one attached hydrogen (secondary N) is 4. The molecular weight excluding hydrogens is 1030 g/mol. The Balaban J connectivity index is 1.24. The smallest absolute Gasteiger partial charge is 0.409 e. The molecule has 5 rings (SSSR count). The normalized spacial score (nSPS) is 27.1. The van der Waals surface area contributed by atoms with Gasteiger partial charge in [0.25, 0.3) is 0 Å². The van der Waals surface area contributed by atoms with Gasteiger partial charge in [-0.25, -0.2) is 9.59 Å². The zero-order chi connectivity index (χ0) is 55.6. The molecule has 6 amide bonds. The van der Waals surface area contributed by atoms with Gasteiger partial charge in [-0.15, -0.1) is 0 Å². The van der Waals surface area contributed by atoms with Crippen LogP contribution in [0.25, 0.3) is 0 Å². The molecule has 1 aliphatic carbocycles. The summed E-state index contributed by atoms with van der Waals surface area (Å²) in [5.74, 6) is -1.92. The standard InChI is InChI=1S/C53H73ClN6O13S2/c1-30-13-11-14-40(71-10)53(69)28-42(73-50(67)58-53)51(5)27-39(51)52(6,68)41(26-45(63)60(8)37-24-35(23-30)25-38(70-9)46(37)54)72-49(66)33(4)59(7)44(62)20-22-75-29-34-16-18-36(19-17-34)57-48(65)32(3)56-47(64)31(2)55-43(61)15-12-21-74/h11,13-14,16-19,24-25,31-33,39-42,68-69,74H,12,15,20-23,26-29H2,1-10H3,(H,55,61)(H,56,64)(H,57,65)(H,58,67)/b14-11+,30-13+/t31?,32?,33?,39?,40?,41?,42?,51?,52-,53?/m1/s1. The topological polar surface area (TPSA) is 251 Å². The van der Waals surface area contributed by atoms with E-state index < -0.39 is 95.3 Å². The van der Waals surface area contributed by atoms with Crippen LogP contribution >= 0.6 is 36.0 Å². The molecule has 10 atom stereocenters. The van der Waals surface area contributed by atoms with E-state index in [-0.39, 0.29) is 42.5 Å². The van der Waals surface area contributed by atoms with Crippen molar-refractivity contribution in [2.45, 2.75) is 140 Å². The number of rotatable bonds is 18. The zero-order valence-corrected chi connectivity index (χ0v) is 46.8. The summed E-state index contributed by atoms with van der Waals surface area (Å²) in [4.78, 5) is 95.1. The number of carbonyl (C=O) groups is 7. The number of hydrogen-bond donors (Lipinski definition) is 7. The Morgan fingerprint density at radius 1 is 1.01 bits per heavy atom. The van der Waals surface area contributed by atoms with Gasteiger partial charge in [-0.05, 0) is 95.0 Å². The highest BCUT2D eigenvalue weighted by molar-refractivity contribution is 7.98. The first-order valence-corrected chi connectivity index (χ1v) is 27.0. The molecule has 1 saturated carbocycles. The number of benzene rings is 2. The lowest BCUT2D eigenvalue weighted by molar-refractivity contribution is -0.178. The number of amides is 6. The molecule has 19 nitrogen and oxygen atoms in total. The zero-order valence-electron chi connectivity index (χ0n) is 44.3. The van der Waals surface area contributed by atoms with E-state index in [4.69, 9.17) is 30.5 Å². The first-order valence-electron chi connectivity index (χ1n) is 24.9. The maximum Gasteiger partial charge on any atom is 0.409 e. The van der Waals surface area contributed by atoms with Crippen molar-refractivity contribution in [2.75, 3.05) is 50.0 Å². The number of nitrogens with zero attached hydrogens (tertiary/aromatic N) is 2. The van der Waals surface area contributed by atoms with E-state index in [0.717, 1.165) is 16.7 Å². The average molecular weight is 1100 g/mol. The highest BCUT2D eigenvalue weighted by Gasteiger charge is 2.68. The largest absolute Gasteiger partial charge is 0.495 e. The van der Waals surface area contributed by atoms with Crippen LogP contribution in [0.15, 0.2) is 60.2 Å². The number of hydrogen-bond acceptors (Lipinski definition) is 15. The van der Waals surface area contributed by atoms with Crippen LogP contribution in [0.2, 0.25) is 5.02 Å². The second-order valence-corrected chi connectivity index (χ2v) is 22.0. The number of halogens is 1. The lowest BCUT2D eigenvalue weighted by Crippen LogP contribution is -2.64. The summed E-state index contributed by atoms with van der Waals surface area (Å²) in [5.41, 5.74) is -1.41. The Morgan fingerprint density at radius 2 is 1.69 bits per heavy atom. The van der Waals surface area contributed by atoms with Crippen LogP contribution in [-0.2, 0) is 55.2 Å². The Labute approximate surface area is 454 Å². The summed E-state index contributed by atoms with van der Waals surface area (Å²) < 4.78 is 23.1. The van der Waals surface area contributed by atoms with Gasteiger partial charge in [0.05, 0.1) is 19.2 Å². The van der Waals surface area contributed by atoms with E-state index in [9.17, 15) is 43.8 Å². The van der Waals surface area contributed by atoms with Crippen molar-refractivity contribution < 1.29 is 62.7 Å². The van der Waals surface area contributed by atoms with Crippen LogP contribution < -0.4 is 30.9 Å². The molecule has 0 radical (unpaired) electrons. The van der Waals surface area contributed by atoms with Crippen molar-refractivity contribution in [2.24, 2.45) is 11.3 Å². The van der Waals surface area contributed by atoms with Gasteiger partial charge >= 0.3 is 12.1 Å². The van der Waals surface area contributed by atoms with E-state index in [0.29, 0.717) is 47.2 Å². The Kier molecular flexibility index (Phi) is 21.1. The molecule has 22 heteroatoms. The van der Waals surface area contributed by atoms with E-state index in [2.05, 4.69) is 33.9 Å². The predicted octanol–water partition coefficient (Wildman–Crippen LogP) is 5.48.